The summed E-state index contributed by atoms with van der Waals surface area (Å²) in [6.07, 6.45) is 5.11. The molecule has 2 fully saturated rings. The highest BCUT2D eigenvalue weighted by Gasteiger charge is 2.44. The van der Waals surface area contributed by atoms with E-state index in [1.54, 1.807) is 0 Å². The van der Waals surface area contributed by atoms with Gasteiger partial charge in [-0.1, -0.05) is 12.8 Å². The van der Waals surface area contributed by atoms with Crippen LogP contribution in [0.3, 0.4) is 0 Å². The second-order valence-electron chi connectivity index (χ2n) is 5.40. The van der Waals surface area contributed by atoms with E-state index in [9.17, 15) is 4.79 Å². The Labute approximate surface area is 96.9 Å². The van der Waals surface area contributed by atoms with Gasteiger partial charge in [0.1, 0.15) is 0 Å². The van der Waals surface area contributed by atoms with E-state index in [0.29, 0.717) is 19.1 Å². The zero-order valence-corrected chi connectivity index (χ0v) is 10.00. The molecule has 1 aliphatic carbocycles. The zero-order valence-electron chi connectivity index (χ0n) is 10.00. The lowest BCUT2D eigenvalue weighted by Gasteiger charge is -2.26. The fourth-order valence-electron chi connectivity index (χ4n) is 2.58. The van der Waals surface area contributed by atoms with Crippen molar-refractivity contribution in [3.05, 3.63) is 0 Å². The van der Waals surface area contributed by atoms with Crippen molar-refractivity contribution >= 4 is 5.91 Å². The van der Waals surface area contributed by atoms with Crippen molar-refractivity contribution in [3.8, 4) is 0 Å². The van der Waals surface area contributed by atoms with E-state index in [-0.39, 0.29) is 11.9 Å². The van der Waals surface area contributed by atoms with Gasteiger partial charge in [0.2, 0.25) is 5.91 Å². The first-order chi connectivity index (χ1) is 7.63. The van der Waals surface area contributed by atoms with E-state index >= 15 is 0 Å². The lowest BCUT2D eigenvalue weighted by Crippen LogP contribution is -2.50. The van der Waals surface area contributed by atoms with Crippen molar-refractivity contribution in [2.24, 2.45) is 17.1 Å². The van der Waals surface area contributed by atoms with Gasteiger partial charge >= 0.3 is 0 Å². The Kier molecular flexibility index (Phi) is 3.50. The summed E-state index contributed by atoms with van der Waals surface area (Å²) in [5.74, 6) is 0.732. The van der Waals surface area contributed by atoms with E-state index in [4.69, 9.17) is 10.5 Å². The van der Waals surface area contributed by atoms with Crippen molar-refractivity contribution in [3.63, 3.8) is 0 Å². The molecule has 0 bridgehead atoms. The fourth-order valence-corrected chi connectivity index (χ4v) is 2.58. The van der Waals surface area contributed by atoms with Crippen LogP contribution in [0.2, 0.25) is 0 Å². The first kappa shape index (κ1) is 11.9. The molecule has 1 saturated heterocycles. The van der Waals surface area contributed by atoms with Crippen molar-refractivity contribution in [1.29, 1.82) is 0 Å². The van der Waals surface area contributed by atoms with Gasteiger partial charge < -0.3 is 15.8 Å². The van der Waals surface area contributed by atoms with Crippen molar-refractivity contribution in [2.75, 3.05) is 19.8 Å². The first-order valence-electron chi connectivity index (χ1n) is 6.24. The van der Waals surface area contributed by atoms with Crippen LogP contribution in [0.25, 0.3) is 0 Å². The smallest absolute Gasteiger partial charge is 0.229 e. The third-order valence-electron chi connectivity index (χ3n) is 4.06. The molecular formula is C12H22N2O2. The Morgan fingerprint density at radius 2 is 2.19 bits per heavy atom. The predicted octanol–water partition coefficient (Wildman–Crippen LogP) is 0.657. The molecule has 0 spiro atoms. The van der Waals surface area contributed by atoms with Gasteiger partial charge in [-0.2, -0.15) is 0 Å². The molecule has 0 aromatic rings. The molecule has 1 heterocycles. The quantitative estimate of drug-likeness (QED) is 0.743. The number of amides is 1. The van der Waals surface area contributed by atoms with Crippen LogP contribution >= 0.6 is 0 Å². The average Bonchev–Trinajstić information content (AvgIpc) is 2.87. The van der Waals surface area contributed by atoms with Gasteiger partial charge in [-0.05, 0) is 25.7 Å². The standard InChI is InChI=1S/C12H22N2O2/c1-12(8-16-7-10(12)13)11(15)14-6-9-4-2-3-5-9/h9-10H,2-8,13H2,1H3,(H,14,15). The molecule has 0 aromatic heterocycles. The Morgan fingerprint density at radius 1 is 1.50 bits per heavy atom. The molecule has 1 saturated carbocycles. The fraction of sp³-hybridized carbons (Fsp3) is 0.917. The van der Waals surface area contributed by atoms with Gasteiger partial charge in [0.05, 0.1) is 18.6 Å². The number of rotatable bonds is 3. The van der Waals surface area contributed by atoms with Crippen molar-refractivity contribution in [2.45, 2.75) is 38.6 Å². The maximum atomic E-state index is 12.1. The summed E-state index contributed by atoms with van der Waals surface area (Å²) in [5.41, 5.74) is 5.38. The predicted molar refractivity (Wildman–Crippen MR) is 61.9 cm³/mol. The van der Waals surface area contributed by atoms with Gasteiger partial charge in [-0.25, -0.2) is 0 Å². The van der Waals surface area contributed by atoms with Crippen molar-refractivity contribution < 1.29 is 9.53 Å². The SMILES string of the molecule is CC1(C(=O)NCC2CCCC2)COCC1N. The summed E-state index contributed by atoms with van der Waals surface area (Å²) in [6.45, 7) is 3.65. The highest BCUT2D eigenvalue weighted by Crippen LogP contribution is 2.28. The van der Waals surface area contributed by atoms with E-state index in [2.05, 4.69) is 5.32 Å². The molecular weight excluding hydrogens is 204 g/mol. The number of hydrogen-bond donors (Lipinski definition) is 2. The van der Waals surface area contributed by atoms with Crippen LogP contribution in [0, 0.1) is 11.3 Å². The van der Waals surface area contributed by atoms with Crippen LogP contribution in [-0.4, -0.2) is 31.7 Å². The second-order valence-corrected chi connectivity index (χ2v) is 5.40. The normalized spacial score (nSPS) is 35.5. The molecule has 92 valence electrons. The lowest BCUT2D eigenvalue weighted by molar-refractivity contribution is -0.130. The monoisotopic (exact) mass is 226 g/mol. The highest BCUT2D eigenvalue weighted by atomic mass is 16.5. The third-order valence-corrected chi connectivity index (χ3v) is 4.06. The van der Waals surface area contributed by atoms with Gasteiger partial charge in [0.25, 0.3) is 0 Å². The molecule has 0 aromatic carbocycles. The Balaban J connectivity index is 1.82. The molecule has 0 radical (unpaired) electrons. The Morgan fingerprint density at radius 3 is 2.75 bits per heavy atom. The minimum absolute atomic E-state index is 0.0596. The van der Waals surface area contributed by atoms with Gasteiger partial charge in [-0.3, -0.25) is 4.79 Å². The zero-order chi connectivity index (χ0) is 11.6. The van der Waals surface area contributed by atoms with Gasteiger partial charge in [-0.15, -0.1) is 0 Å². The second kappa shape index (κ2) is 4.72. The summed E-state index contributed by atoms with van der Waals surface area (Å²) < 4.78 is 5.28. The summed E-state index contributed by atoms with van der Waals surface area (Å²) in [5, 5.41) is 3.04. The minimum atomic E-state index is -0.529. The van der Waals surface area contributed by atoms with Crippen molar-refractivity contribution in [1.82, 2.24) is 5.32 Å². The van der Waals surface area contributed by atoms with Crippen LogP contribution < -0.4 is 11.1 Å². The number of carbonyl (C=O) groups excluding carboxylic acids is 1. The van der Waals surface area contributed by atoms with Crippen LogP contribution in [0.4, 0.5) is 0 Å². The summed E-state index contributed by atoms with van der Waals surface area (Å²) in [7, 11) is 0. The van der Waals surface area contributed by atoms with Crippen LogP contribution in [0.5, 0.6) is 0 Å². The molecule has 3 N–H and O–H groups in total. The van der Waals surface area contributed by atoms with E-state index in [1.807, 2.05) is 6.92 Å². The van der Waals surface area contributed by atoms with Crippen LogP contribution in [0.1, 0.15) is 32.6 Å². The maximum absolute atomic E-state index is 12.1. The molecule has 2 atom stereocenters. The summed E-state index contributed by atoms with van der Waals surface area (Å²) in [6, 6.07) is -0.170. The van der Waals surface area contributed by atoms with E-state index in [0.717, 1.165) is 6.54 Å². The number of hydrogen-bond acceptors (Lipinski definition) is 3. The number of ether oxygens (including phenoxy) is 1. The molecule has 4 nitrogen and oxygen atoms in total. The number of nitrogens with one attached hydrogen (secondary N) is 1. The summed E-state index contributed by atoms with van der Waals surface area (Å²) >= 11 is 0. The molecule has 1 amide bonds. The van der Waals surface area contributed by atoms with Gasteiger partial charge in [0.15, 0.2) is 0 Å². The number of carbonyl (C=O) groups is 1. The molecule has 16 heavy (non-hydrogen) atoms. The molecule has 2 rings (SSSR count). The summed E-state index contributed by atoms with van der Waals surface area (Å²) in [4.78, 5) is 12.1. The first-order valence-corrected chi connectivity index (χ1v) is 6.24. The molecule has 2 aliphatic rings. The Bertz CT molecular complexity index is 264. The third kappa shape index (κ3) is 2.23. The lowest BCUT2D eigenvalue weighted by atomic mass is 9.84. The minimum Gasteiger partial charge on any atom is -0.379 e. The number of nitrogens with two attached hydrogens (primary N) is 1. The van der Waals surface area contributed by atoms with E-state index < -0.39 is 5.41 Å². The van der Waals surface area contributed by atoms with Crippen LogP contribution in [-0.2, 0) is 9.53 Å². The highest BCUT2D eigenvalue weighted by molar-refractivity contribution is 5.83. The van der Waals surface area contributed by atoms with Crippen LogP contribution in [0.15, 0.2) is 0 Å². The van der Waals surface area contributed by atoms with Gasteiger partial charge in [0, 0.05) is 12.6 Å². The molecule has 1 aliphatic heterocycles. The molecule has 2 unspecified atom stereocenters. The Hall–Kier alpha value is -0.610. The largest absolute Gasteiger partial charge is 0.379 e. The van der Waals surface area contributed by atoms with E-state index in [1.165, 1.54) is 25.7 Å². The topological polar surface area (TPSA) is 64.3 Å². The average molecular weight is 226 g/mol. The molecule has 4 heteroatoms. The maximum Gasteiger partial charge on any atom is 0.229 e.